The fourth-order valence-electron chi connectivity index (χ4n) is 1.37. The molecule has 0 spiro atoms. The molecule has 0 saturated carbocycles. The van der Waals surface area contributed by atoms with E-state index in [2.05, 4.69) is 28.7 Å². The molecule has 3 N–H and O–H groups in total. The molecule has 0 aliphatic rings. The zero-order chi connectivity index (χ0) is 11.4. The summed E-state index contributed by atoms with van der Waals surface area (Å²) in [6.45, 7) is 0. The van der Waals surface area contributed by atoms with Crippen molar-refractivity contribution >= 4 is 28.8 Å². The molecule has 1 aromatic carbocycles. The number of benzene rings is 1. The SMILES string of the molecule is CSc1ccc(Nc2cncc(N)c2)cc1. The number of rotatable bonds is 3. The highest BCUT2D eigenvalue weighted by atomic mass is 32.2. The van der Waals surface area contributed by atoms with E-state index in [0.29, 0.717) is 5.69 Å². The van der Waals surface area contributed by atoms with E-state index in [0.717, 1.165) is 11.4 Å². The number of hydrogen-bond donors (Lipinski definition) is 2. The Kier molecular flexibility index (Phi) is 3.31. The van der Waals surface area contributed by atoms with Crippen LogP contribution in [0.5, 0.6) is 0 Å². The summed E-state index contributed by atoms with van der Waals surface area (Å²) in [6, 6.07) is 10.1. The van der Waals surface area contributed by atoms with E-state index in [1.165, 1.54) is 4.90 Å². The first-order valence-corrected chi connectivity index (χ1v) is 6.12. The van der Waals surface area contributed by atoms with E-state index < -0.39 is 0 Å². The van der Waals surface area contributed by atoms with Crippen LogP contribution in [-0.4, -0.2) is 11.2 Å². The quantitative estimate of drug-likeness (QED) is 0.797. The number of pyridine rings is 1. The normalized spacial score (nSPS) is 10.1. The highest BCUT2D eigenvalue weighted by molar-refractivity contribution is 7.98. The van der Waals surface area contributed by atoms with Crippen LogP contribution in [0.25, 0.3) is 0 Å². The average molecular weight is 231 g/mol. The Labute approximate surface area is 99.1 Å². The van der Waals surface area contributed by atoms with Gasteiger partial charge in [0.15, 0.2) is 0 Å². The summed E-state index contributed by atoms with van der Waals surface area (Å²) in [5.41, 5.74) is 8.24. The summed E-state index contributed by atoms with van der Waals surface area (Å²) in [4.78, 5) is 5.27. The molecule has 1 aromatic heterocycles. The van der Waals surface area contributed by atoms with Crippen molar-refractivity contribution in [3.8, 4) is 0 Å². The summed E-state index contributed by atoms with van der Waals surface area (Å²) in [6.07, 6.45) is 5.44. The van der Waals surface area contributed by atoms with E-state index in [9.17, 15) is 0 Å². The van der Waals surface area contributed by atoms with Gasteiger partial charge >= 0.3 is 0 Å². The number of thioether (sulfide) groups is 1. The first-order valence-electron chi connectivity index (χ1n) is 4.89. The molecule has 82 valence electrons. The van der Waals surface area contributed by atoms with Crippen molar-refractivity contribution in [2.75, 3.05) is 17.3 Å². The Hall–Kier alpha value is -1.68. The lowest BCUT2D eigenvalue weighted by Crippen LogP contribution is -1.93. The highest BCUT2D eigenvalue weighted by Gasteiger charge is 1.96. The van der Waals surface area contributed by atoms with Crippen molar-refractivity contribution in [1.82, 2.24) is 4.98 Å². The first kappa shape index (κ1) is 10.8. The van der Waals surface area contributed by atoms with Crippen molar-refractivity contribution < 1.29 is 0 Å². The van der Waals surface area contributed by atoms with Crippen LogP contribution < -0.4 is 11.1 Å². The van der Waals surface area contributed by atoms with Gasteiger partial charge in [0.2, 0.25) is 0 Å². The van der Waals surface area contributed by atoms with Gasteiger partial charge in [-0.2, -0.15) is 0 Å². The molecule has 4 heteroatoms. The van der Waals surface area contributed by atoms with Crippen molar-refractivity contribution in [3.63, 3.8) is 0 Å². The van der Waals surface area contributed by atoms with Gasteiger partial charge in [-0.15, -0.1) is 11.8 Å². The molecular formula is C12H13N3S. The summed E-state index contributed by atoms with van der Waals surface area (Å²) >= 11 is 1.73. The van der Waals surface area contributed by atoms with Gasteiger partial charge in [-0.3, -0.25) is 4.98 Å². The number of nitrogens with one attached hydrogen (secondary N) is 1. The minimum absolute atomic E-state index is 0.658. The molecule has 0 atom stereocenters. The predicted molar refractivity (Wildman–Crippen MR) is 70.2 cm³/mol. The Morgan fingerprint density at radius 1 is 1.12 bits per heavy atom. The second-order valence-electron chi connectivity index (χ2n) is 3.36. The molecule has 0 amide bonds. The molecule has 0 bridgehead atoms. The smallest absolute Gasteiger partial charge is 0.0591 e. The maximum Gasteiger partial charge on any atom is 0.0591 e. The Bertz CT molecular complexity index is 468. The highest BCUT2D eigenvalue weighted by Crippen LogP contribution is 2.21. The number of anilines is 3. The summed E-state index contributed by atoms with van der Waals surface area (Å²) in [5, 5.41) is 3.24. The third-order valence-electron chi connectivity index (χ3n) is 2.14. The van der Waals surface area contributed by atoms with E-state index in [1.54, 1.807) is 24.2 Å². The maximum absolute atomic E-state index is 5.65. The van der Waals surface area contributed by atoms with Crippen LogP contribution in [0.3, 0.4) is 0 Å². The number of nitrogens with zero attached hydrogens (tertiary/aromatic N) is 1. The summed E-state index contributed by atoms with van der Waals surface area (Å²) < 4.78 is 0. The predicted octanol–water partition coefficient (Wildman–Crippen LogP) is 3.13. The molecule has 2 rings (SSSR count). The minimum Gasteiger partial charge on any atom is -0.397 e. The molecule has 16 heavy (non-hydrogen) atoms. The second-order valence-corrected chi connectivity index (χ2v) is 4.24. The van der Waals surface area contributed by atoms with Crippen LogP contribution in [-0.2, 0) is 0 Å². The zero-order valence-corrected chi connectivity index (χ0v) is 9.79. The third kappa shape index (κ3) is 2.67. The Morgan fingerprint density at radius 2 is 1.88 bits per heavy atom. The molecule has 0 unspecified atom stereocenters. The molecule has 0 aliphatic heterocycles. The largest absolute Gasteiger partial charge is 0.397 e. The lowest BCUT2D eigenvalue weighted by molar-refractivity contribution is 1.32. The Morgan fingerprint density at radius 3 is 2.50 bits per heavy atom. The molecule has 0 saturated heterocycles. The zero-order valence-electron chi connectivity index (χ0n) is 8.97. The first-order chi connectivity index (χ1) is 7.78. The van der Waals surface area contributed by atoms with Crippen molar-refractivity contribution in [3.05, 3.63) is 42.7 Å². The van der Waals surface area contributed by atoms with E-state index in [4.69, 9.17) is 5.73 Å². The van der Waals surface area contributed by atoms with Crippen LogP contribution in [0.15, 0.2) is 47.6 Å². The van der Waals surface area contributed by atoms with Crippen LogP contribution in [0.1, 0.15) is 0 Å². The van der Waals surface area contributed by atoms with Gasteiger partial charge in [0.05, 0.1) is 17.6 Å². The van der Waals surface area contributed by atoms with E-state index >= 15 is 0 Å². The number of aromatic nitrogens is 1. The summed E-state index contributed by atoms with van der Waals surface area (Å²) in [5.74, 6) is 0. The van der Waals surface area contributed by atoms with E-state index in [-0.39, 0.29) is 0 Å². The Balaban J connectivity index is 2.14. The van der Waals surface area contributed by atoms with Gasteiger partial charge in [0.25, 0.3) is 0 Å². The minimum atomic E-state index is 0.658. The summed E-state index contributed by atoms with van der Waals surface area (Å²) in [7, 11) is 0. The van der Waals surface area contributed by atoms with Gasteiger partial charge in [0.1, 0.15) is 0 Å². The molecule has 0 radical (unpaired) electrons. The van der Waals surface area contributed by atoms with Crippen LogP contribution in [0.4, 0.5) is 17.1 Å². The van der Waals surface area contributed by atoms with Gasteiger partial charge in [-0.1, -0.05) is 0 Å². The number of hydrogen-bond acceptors (Lipinski definition) is 4. The number of nitrogens with two attached hydrogens (primary N) is 1. The lowest BCUT2D eigenvalue weighted by Gasteiger charge is -2.06. The molecule has 0 fully saturated rings. The fraction of sp³-hybridized carbons (Fsp3) is 0.0833. The topological polar surface area (TPSA) is 50.9 Å². The molecular weight excluding hydrogens is 218 g/mol. The van der Waals surface area contributed by atoms with E-state index in [1.807, 2.05) is 18.2 Å². The van der Waals surface area contributed by atoms with Gasteiger partial charge in [-0.25, -0.2) is 0 Å². The molecule has 2 aromatic rings. The second kappa shape index (κ2) is 4.90. The van der Waals surface area contributed by atoms with Crippen LogP contribution >= 0.6 is 11.8 Å². The lowest BCUT2D eigenvalue weighted by atomic mass is 10.3. The van der Waals surface area contributed by atoms with Crippen molar-refractivity contribution in [2.45, 2.75) is 4.90 Å². The van der Waals surface area contributed by atoms with Crippen molar-refractivity contribution in [2.24, 2.45) is 0 Å². The standard InChI is InChI=1S/C12H13N3S/c1-16-12-4-2-10(3-5-12)15-11-6-9(13)7-14-8-11/h2-8,15H,13H2,1H3. The third-order valence-corrected chi connectivity index (χ3v) is 2.88. The molecule has 3 nitrogen and oxygen atoms in total. The van der Waals surface area contributed by atoms with Crippen LogP contribution in [0.2, 0.25) is 0 Å². The fourth-order valence-corrected chi connectivity index (χ4v) is 1.78. The van der Waals surface area contributed by atoms with Gasteiger partial charge < -0.3 is 11.1 Å². The molecule has 1 heterocycles. The number of nitrogen functional groups attached to an aromatic ring is 1. The van der Waals surface area contributed by atoms with Crippen LogP contribution in [0, 0.1) is 0 Å². The maximum atomic E-state index is 5.65. The van der Waals surface area contributed by atoms with Gasteiger partial charge in [0, 0.05) is 16.8 Å². The van der Waals surface area contributed by atoms with Gasteiger partial charge in [-0.05, 0) is 36.6 Å². The van der Waals surface area contributed by atoms with Crippen molar-refractivity contribution in [1.29, 1.82) is 0 Å². The molecule has 0 aliphatic carbocycles. The average Bonchev–Trinajstić information content (AvgIpc) is 2.30. The monoisotopic (exact) mass is 231 g/mol.